The van der Waals surface area contributed by atoms with E-state index in [0.717, 1.165) is 51.6 Å². The van der Waals surface area contributed by atoms with Gasteiger partial charge in [-0.05, 0) is 56.9 Å². The minimum Gasteiger partial charge on any atom is -0.368 e. The molecule has 2 aliphatic rings. The van der Waals surface area contributed by atoms with Crippen LogP contribution in [0.2, 0.25) is 0 Å². The summed E-state index contributed by atoms with van der Waals surface area (Å²) < 4.78 is 0. The lowest BCUT2D eigenvalue weighted by Gasteiger charge is -2.36. The van der Waals surface area contributed by atoms with E-state index in [2.05, 4.69) is 56.6 Å². The van der Waals surface area contributed by atoms with Crippen LogP contribution < -0.4 is 15.5 Å². The summed E-state index contributed by atoms with van der Waals surface area (Å²) in [6, 6.07) is 10.4. The van der Waals surface area contributed by atoms with Crippen LogP contribution in [0.15, 0.2) is 35.3 Å². The topological polar surface area (TPSA) is 63.2 Å². The molecule has 2 heterocycles. The fourth-order valence-corrected chi connectivity index (χ4v) is 4.14. The molecule has 0 spiro atoms. The van der Waals surface area contributed by atoms with Crippen LogP contribution in [0, 0.1) is 5.92 Å². The summed E-state index contributed by atoms with van der Waals surface area (Å²) in [5.41, 5.74) is 1.23. The largest absolute Gasteiger partial charge is 0.368 e. The number of hydrogen-bond donors (Lipinski definition) is 2. The Hall–Kier alpha value is -2.28. The number of piperidine rings is 1. The molecule has 166 valence electrons. The first-order chi connectivity index (χ1) is 14.7. The van der Waals surface area contributed by atoms with Crippen LogP contribution in [0.5, 0.6) is 0 Å². The molecule has 0 atom stereocenters. The number of carbonyl (C=O) groups is 1. The summed E-state index contributed by atoms with van der Waals surface area (Å²) in [5, 5.41) is 6.51. The van der Waals surface area contributed by atoms with E-state index in [-0.39, 0.29) is 12.5 Å². The number of rotatable bonds is 7. The second kappa shape index (κ2) is 11.8. The van der Waals surface area contributed by atoms with E-state index in [1.807, 2.05) is 11.0 Å². The Bertz CT molecular complexity index is 664. The highest BCUT2D eigenvalue weighted by Crippen LogP contribution is 2.16. The summed E-state index contributed by atoms with van der Waals surface area (Å²) in [6.45, 7) is 10.3. The maximum Gasteiger partial charge on any atom is 0.242 e. The molecule has 2 saturated heterocycles. The van der Waals surface area contributed by atoms with Crippen molar-refractivity contribution in [1.82, 2.24) is 20.4 Å². The Morgan fingerprint density at radius 3 is 2.40 bits per heavy atom. The van der Waals surface area contributed by atoms with Crippen LogP contribution in [-0.2, 0) is 4.79 Å². The molecule has 0 bridgehead atoms. The van der Waals surface area contributed by atoms with Crippen LogP contribution in [0.1, 0.15) is 26.2 Å². The summed E-state index contributed by atoms with van der Waals surface area (Å²) in [4.78, 5) is 23.7. The third-order valence-electron chi connectivity index (χ3n) is 6.20. The van der Waals surface area contributed by atoms with Gasteiger partial charge in [0.05, 0.1) is 6.54 Å². The fourth-order valence-electron chi connectivity index (χ4n) is 4.14. The summed E-state index contributed by atoms with van der Waals surface area (Å²) in [7, 11) is 1.75. The van der Waals surface area contributed by atoms with Gasteiger partial charge in [-0.2, -0.15) is 0 Å². The first kappa shape index (κ1) is 22.4. The average Bonchev–Trinajstić information content (AvgIpc) is 2.80. The highest BCUT2D eigenvalue weighted by molar-refractivity contribution is 5.86. The molecular weight excluding hydrogens is 376 g/mol. The lowest BCUT2D eigenvalue weighted by Crippen LogP contribution is -2.52. The van der Waals surface area contributed by atoms with Gasteiger partial charge in [0.25, 0.3) is 0 Å². The number of hydrogen-bond acceptors (Lipinski definition) is 4. The Morgan fingerprint density at radius 1 is 1.03 bits per heavy atom. The highest BCUT2D eigenvalue weighted by atomic mass is 16.2. The van der Waals surface area contributed by atoms with E-state index < -0.39 is 0 Å². The van der Waals surface area contributed by atoms with E-state index >= 15 is 0 Å². The average molecular weight is 415 g/mol. The molecule has 7 nitrogen and oxygen atoms in total. The van der Waals surface area contributed by atoms with Gasteiger partial charge in [-0.1, -0.05) is 25.1 Å². The molecule has 0 aromatic heterocycles. The molecule has 2 N–H and O–H groups in total. The predicted molar refractivity (Wildman–Crippen MR) is 124 cm³/mol. The van der Waals surface area contributed by atoms with Crippen LogP contribution in [0.4, 0.5) is 5.69 Å². The highest BCUT2D eigenvalue weighted by Gasteiger charge is 2.21. The van der Waals surface area contributed by atoms with Crippen molar-refractivity contribution >= 4 is 17.6 Å². The van der Waals surface area contributed by atoms with Gasteiger partial charge in [0.2, 0.25) is 5.91 Å². The molecule has 0 aliphatic carbocycles. The van der Waals surface area contributed by atoms with Crippen molar-refractivity contribution in [2.24, 2.45) is 10.9 Å². The van der Waals surface area contributed by atoms with Gasteiger partial charge < -0.3 is 25.3 Å². The van der Waals surface area contributed by atoms with Gasteiger partial charge >= 0.3 is 0 Å². The minimum atomic E-state index is 0.132. The lowest BCUT2D eigenvalue weighted by molar-refractivity contribution is -0.130. The number of amides is 1. The third-order valence-corrected chi connectivity index (χ3v) is 6.20. The zero-order chi connectivity index (χ0) is 21.2. The van der Waals surface area contributed by atoms with Crippen molar-refractivity contribution in [3.8, 4) is 0 Å². The SMILES string of the molecule is CN=C(NCCCN1CCC(C)CC1)NCC(=O)N1CCN(c2ccccc2)CC1. The number of likely N-dealkylation sites (tertiary alicyclic amines) is 1. The summed E-state index contributed by atoms with van der Waals surface area (Å²) in [5.74, 6) is 1.72. The van der Waals surface area contributed by atoms with Gasteiger partial charge in [0, 0.05) is 45.5 Å². The molecule has 30 heavy (non-hydrogen) atoms. The number of para-hydroxylation sites is 1. The van der Waals surface area contributed by atoms with E-state index in [4.69, 9.17) is 0 Å². The molecule has 7 heteroatoms. The molecule has 0 radical (unpaired) electrons. The standard InChI is InChI=1S/C23H38N6O/c1-20-9-13-27(14-10-20)12-6-11-25-23(24-2)26-19-22(30)29-17-15-28(16-18-29)21-7-4-3-5-8-21/h3-5,7-8,20H,6,9-19H2,1-2H3,(H2,24,25,26). The molecule has 1 amide bonds. The van der Waals surface area contributed by atoms with Crippen LogP contribution in [-0.4, -0.2) is 87.6 Å². The number of piperazine rings is 1. The lowest BCUT2D eigenvalue weighted by atomic mass is 9.99. The third kappa shape index (κ3) is 6.90. The summed E-state index contributed by atoms with van der Waals surface area (Å²) in [6.07, 6.45) is 3.72. The van der Waals surface area contributed by atoms with Crippen molar-refractivity contribution in [3.63, 3.8) is 0 Å². The number of aliphatic imine (C=N–C) groups is 1. The van der Waals surface area contributed by atoms with Crippen molar-refractivity contribution in [2.45, 2.75) is 26.2 Å². The number of benzene rings is 1. The van der Waals surface area contributed by atoms with Gasteiger partial charge in [0.15, 0.2) is 5.96 Å². The Kier molecular flexibility index (Phi) is 8.81. The van der Waals surface area contributed by atoms with Gasteiger partial charge in [-0.15, -0.1) is 0 Å². The molecule has 0 unspecified atom stereocenters. The van der Waals surface area contributed by atoms with Crippen LogP contribution >= 0.6 is 0 Å². The minimum absolute atomic E-state index is 0.132. The normalized spacial score (nSPS) is 19.1. The molecule has 0 saturated carbocycles. The smallest absolute Gasteiger partial charge is 0.242 e. The number of carbonyl (C=O) groups excluding carboxylic acids is 1. The van der Waals surface area contributed by atoms with E-state index in [0.29, 0.717) is 5.96 Å². The maximum atomic E-state index is 12.6. The van der Waals surface area contributed by atoms with Crippen molar-refractivity contribution < 1.29 is 4.79 Å². The van der Waals surface area contributed by atoms with Gasteiger partial charge in [-0.3, -0.25) is 9.79 Å². The zero-order valence-corrected chi connectivity index (χ0v) is 18.6. The number of guanidine groups is 1. The first-order valence-corrected chi connectivity index (χ1v) is 11.4. The second-order valence-corrected chi connectivity index (χ2v) is 8.43. The maximum absolute atomic E-state index is 12.6. The number of anilines is 1. The van der Waals surface area contributed by atoms with Gasteiger partial charge in [-0.25, -0.2) is 0 Å². The van der Waals surface area contributed by atoms with Crippen molar-refractivity contribution in [3.05, 3.63) is 30.3 Å². The zero-order valence-electron chi connectivity index (χ0n) is 18.6. The first-order valence-electron chi connectivity index (χ1n) is 11.4. The Balaban J connectivity index is 1.29. The number of nitrogens with one attached hydrogen (secondary N) is 2. The van der Waals surface area contributed by atoms with Crippen molar-refractivity contribution in [2.75, 3.05) is 70.9 Å². The molecule has 1 aromatic rings. The molecule has 2 fully saturated rings. The molecule has 2 aliphatic heterocycles. The Morgan fingerprint density at radius 2 is 1.73 bits per heavy atom. The van der Waals surface area contributed by atoms with E-state index in [1.165, 1.54) is 31.6 Å². The summed E-state index contributed by atoms with van der Waals surface area (Å²) >= 11 is 0. The predicted octanol–water partition coefficient (Wildman–Crippen LogP) is 1.62. The second-order valence-electron chi connectivity index (χ2n) is 8.43. The molecular formula is C23H38N6O. The Labute approximate surface area is 181 Å². The van der Waals surface area contributed by atoms with Crippen LogP contribution in [0.3, 0.4) is 0 Å². The quantitative estimate of drug-likeness (QED) is 0.403. The monoisotopic (exact) mass is 414 g/mol. The van der Waals surface area contributed by atoms with Crippen LogP contribution in [0.25, 0.3) is 0 Å². The van der Waals surface area contributed by atoms with Gasteiger partial charge in [0.1, 0.15) is 0 Å². The molecule has 3 rings (SSSR count). The number of nitrogens with zero attached hydrogens (tertiary/aromatic N) is 4. The van der Waals surface area contributed by atoms with Crippen molar-refractivity contribution in [1.29, 1.82) is 0 Å². The van der Waals surface area contributed by atoms with E-state index in [9.17, 15) is 4.79 Å². The fraction of sp³-hybridized carbons (Fsp3) is 0.652. The van der Waals surface area contributed by atoms with E-state index in [1.54, 1.807) is 7.05 Å². The molecule has 1 aromatic carbocycles.